The van der Waals surface area contributed by atoms with Gasteiger partial charge in [0.1, 0.15) is 5.82 Å². The minimum absolute atomic E-state index is 0.0344. The fourth-order valence-corrected chi connectivity index (χ4v) is 1.61. The number of rotatable bonds is 3. The van der Waals surface area contributed by atoms with E-state index < -0.39 is 35.0 Å². The molecule has 0 saturated heterocycles. The zero-order chi connectivity index (χ0) is 15.0. The Morgan fingerprint density at radius 1 is 1.26 bits per heavy atom. The van der Waals surface area contributed by atoms with Gasteiger partial charge < -0.3 is 10.2 Å². The van der Waals surface area contributed by atoms with Gasteiger partial charge >= 0.3 is 12.1 Å². The van der Waals surface area contributed by atoms with Crippen molar-refractivity contribution in [2.45, 2.75) is 31.5 Å². The molecule has 0 spiro atoms. The Labute approximate surface area is 106 Å². The van der Waals surface area contributed by atoms with Crippen molar-refractivity contribution in [3.05, 3.63) is 35.1 Å². The number of halogens is 4. The number of aliphatic carboxylic acids is 1. The lowest BCUT2D eigenvalue weighted by atomic mass is 9.79. The van der Waals surface area contributed by atoms with Crippen molar-refractivity contribution in [1.29, 1.82) is 0 Å². The van der Waals surface area contributed by atoms with E-state index in [9.17, 15) is 27.5 Å². The number of carboxylic acids is 1. The van der Waals surface area contributed by atoms with E-state index >= 15 is 0 Å². The van der Waals surface area contributed by atoms with Crippen molar-refractivity contribution in [3.63, 3.8) is 0 Å². The average molecular weight is 280 g/mol. The third-order valence-electron chi connectivity index (χ3n) is 2.94. The molecule has 0 aliphatic rings. The molecular weight excluding hydrogens is 268 g/mol. The van der Waals surface area contributed by atoms with Crippen LogP contribution in [0.2, 0.25) is 0 Å². The zero-order valence-electron chi connectivity index (χ0n) is 10.1. The number of hydrogen-bond acceptors (Lipinski definition) is 2. The van der Waals surface area contributed by atoms with E-state index in [1.807, 2.05) is 0 Å². The van der Waals surface area contributed by atoms with E-state index in [1.54, 1.807) is 0 Å². The van der Waals surface area contributed by atoms with E-state index in [-0.39, 0.29) is 5.56 Å². The van der Waals surface area contributed by atoms with Gasteiger partial charge in [-0.2, -0.15) is 13.2 Å². The van der Waals surface area contributed by atoms with Crippen LogP contribution in [0.1, 0.15) is 25.0 Å². The summed E-state index contributed by atoms with van der Waals surface area (Å²) in [5.41, 5.74) is -2.89. The van der Waals surface area contributed by atoms with Crippen LogP contribution in [0.15, 0.2) is 18.2 Å². The summed E-state index contributed by atoms with van der Waals surface area (Å²) in [4.78, 5) is 10.7. The van der Waals surface area contributed by atoms with Crippen LogP contribution in [-0.4, -0.2) is 22.3 Å². The van der Waals surface area contributed by atoms with Crippen LogP contribution < -0.4 is 0 Å². The number of carboxylic acid groups (broad SMARTS) is 1. The second kappa shape index (κ2) is 4.80. The number of aliphatic hydroxyl groups excluding tert-OH is 1. The molecule has 19 heavy (non-hydrogen) atoms. The van der Waals surface area contributed by atoms with Gasteiger partial charge in [0.2, 0.25) is 0 Å². The predicted molar refractivity (Wildman–Crippen MR) is 58.1 cm³/mol. The standard InChI is InChI=1S/C12H12F4O3/c1-11(2,9(17)10(18)19)6-3-4-7(8(13)5-6)12(14,15)16/h3-5,9,17H,1-2H3,(H,18,19). The van der Waals surface area contributed by atoms with Crippen LogP contribution >= 0.6 is 0 Å². The maximum atomic E-state index is 13.4. The van der Waals surface area contributed by atoms with Gasteiger partial charge in [-0.3, -0.25) is 0 Å². The van der Waals surface area contributed by atoms with E-state index in [1.165, 1.54) is 13.8 Å². The first-order valence-electron chi connectivity index (χ1n) is 5.26. The van der Waals surface area contributed by atoms with Crippen molar-refractivity contribution >= 4 is 5.97 Å². The molecule has 0 saturated carbocycles. The Balaban J connectivity index is 3.25. The fourth-order valence-electron chi connectivity index (χ4n) is 1.61. The Kier molecular flexibility index (Phi) is 3.90. The highest BCUT2D eigenvalue weighted by Crippen LogP contribution is 2.35. The van der Waals surface area contributed by atoms with Crippen LogP contribution in [0.5, 0.6) is 0 Å². The molecule has 1 aromatic rings. The normalized spacial score (nSPS) is 14.3. The number of alkyl halides is 3. The summed E-state index contributed by atoms with van der Waals surface area (Å²) in [6.07, 6.45) is -6.68. The Morgan fingerprint density at radius 3 is 2.16 bits per heavy atom. The monoisotopic (exact) mass is 280 g/mol. The fraction of sp³-hybridized carbons (Fsp3) is 0.417. The second-order valence-electron chi connectivity index (χ2n) is 4.65. The van der Waals surface area contributed by atoms with Crippen LogP contribution in [0.4, 0.5) is 17.6 Å². The molecule has 0 aromatic heterocycles. The Hall–Kier alpha value is -1.63. The van der Waals surface area contributed by atoms with Crippen LogP contribution in [0.3, 0.4) is 0 Å². The molecule has 0 fully saturated rings. The van der Waals surface area contributed by atoms with Gasteiger partial charge in [0.05, 0.1) is 5.56 Å². The lowest BCUT2D eigenvalue weighted by Crippen LogP contribution is -2.40. The van der Waals surface area contributed by atoms with Gasteiger partial charge in [0.15, 0.2) is 6.10 Å². The van der Waals surface area contributed by atoms with E-state index in [2.05, 4.69) is 0 Å². The maximum Gasteiger partial charge on any atom is 0.419 e. The van der Waals surface area contributed by atoms with Gasteiger partial charge in [-0.15, -0.1) is 0 Å². The van der Waals surface area contributed by atoms with Gasteiger partial charge in [0, 0.05) is 5.41 Å². The number of hydrogen-bond donors (Lipinski definition) is 2. The lowest BCUT2D eigenvalue weighted by molar-refractivity contribution is -0.150. The highest BCUT2D eigenvalue weighted by Gasteiger charge is 2.38. The van der Waals surface area contributed by atoms with E-state index in [4.69, 9.17) is 5.11 Å². The van der Waals surface area contributed by atoms with Crippen molar-refractivity contribution < 1.29 is 32.6 Å². The van der Waals surface area contributed by atoms with E-state index in [0.717, 1.165) is 6.07 Å². The third-order valence-corrected chi connectivity index (χ3v) is 2.94. The molecule has 106 valence electrons. The molecule has 0 amide bonds. The lowest BCUT2D eigenvalue weighted by Gasteiger charge is -2.28. The smallest absolute Gasteiger partial charge is 0.419 e. The maximum absolute atomic E-state index is 13.4. The predicted octanol–water partition coefficient (Wildman–Crippen LogP) is 2.57. The van der Waals surface area contributed by atoms with Crippen molar-refractivity contribution in [1.82, 2.24) is 0 Å². The largest absolute Gasteiger partial charge is 0.479 e. The molecule has 0 aliphatic carbocycles. The summed E-state index contributed by atoms with van der Waals surface area (Å²) in [5.74, 6) is -3.04. The van der Waals surface area contributed by atoms with Gasteiger partial charge in [-0.1, -0.05) is 19.9 Å². The summed E-state index contributed by atoms with van der Waals surface area (Å²) in [7, 11) is 0. The molecule has 3 nitrogen and oxygen atoms in total. The van der Waals surface area contributed by atoms with Gasteiger partial charge in [0.25, 0.3) is 0 Å². The van der Waals surface area contributed by atoms with Crippen LogP contribution in [-0.2, 0) is 16.4 Å². The van der Waals surface area contributed by atoms with Gasteiger partial charge in [-0.05, 0) is 17.7 Å². The van der Waals surface area contributed by atoms with Crippen molar-refractivity contribution in [2.24, 2.45) is 0 Å². The number of carbonyl (C=O) groups is 1. The molecule has 2 N–H and O–H groups in total. The molecule has 1 rings (SSSR count). The quantitative estimate of drug-likeness (QED) is 0.837. The first-order chi connectivity index (χ1) is 8.48. The Morgan fingerprint density at radius 2 is 1.79 bits per heavy atom. The molecule has 0 bridgehead atoms. The van der Waals surface area contributed by atoms with Crippen molar-refractivity contribution in [2.75, 3.05) is 0 Å². The van der Waals surface area contributed by atoms with Crippen molar-refractivity contribution in [3.8, 4) is 0 Å². The minimum atomic E-state index is -4.82. The second-order valence-corrected chi connectivity index (χ2v) is 4.65. The summed E-state index contributed by atoms with van der Waals surface area (Å²) in [5, 5.41) is 18.2. The third kappa shape index (κ3) is 3.04. The first-order valence-corrected chi connectivity index (χ1v) is 5.26. The molecular formula is C12H12F4O3. The molecule has 0 heterocycles. The highest BCUT2D eigenvalue weighted by atomic mass is 19.4. The number of aliphatic hydroxyl groups is 1. The molecule has 1 unspecified atom stereocenters. The zero-order valence-corrected chi connectivity index (χ0v) is 10.1. The first kappa shape index (κ1) is 15.4. The van der Waals surface area contributed by atoms with Gasteiger partial charge in [-0.25, -0.2) is 9.18 Å². The molecule has 0 aliphatic heterocycles. The summed E-state index contributed by atoms with van der Waals surface area (Å²) in [6.45, 7) is 2.60. The average Bonchev–Trinajstić information content (AvgIpc) is 2.25. The van der Waals surface area contributed by atoms with Crippen LogP contribution in [0, 0.1) is 5.82 Å². The summed E-state index contributed by atoms with van der Waals surface area (Å²) in [6, 6.07) is 2.08. The Bertz CT molecular complexity index is 494. The summed E-state index contributed by atoms with van der Waals surface area (Å²) >= 11 is 0. The number of benzene rings is 1. The molecule has 1 atom stereocenters. The highest BCUT2D eigenvalue weighted by molar-refractivity contribution is 5.74. The molecule has 7 heteroatoms. The summed E-state index contributed by atoms with van der Waals surface area (Å²) < 4.78 is 50.5. The minimum Gasteiger partial charge on any atom is -0.479 e. The topological polar surface area (TPSA) is 57.5 Å². The molecule has 0 radical (unpaired) electrons. The van der Waals surface area contributed by atoms with Crippen LogP contribution in [0.25, 0.3) is 0 Å². The molecule has 1 aromatic carbocycles. The van der Waals surface area contributed by atoms with E-state index in [0.29, 0.717) is 12.1 Å². The SMILES string of the molecule is CC(C)(c1ccc(C(F)(F)F)c(F)c1)C(O)C(=O)O.